The van der Waals surface area contributed by atoms with Gasteiger partial charge in [-0.2, -0.15) is 8.78 Å². The molecule has 1 aromatic rings. The maximum atomic E-state index is 12.5. The van der Waals surface area contributed by atoms with E-state index in [1.807, 2.05) is 0 Å². The highest BCUT2D eigenvalue weighted by atomic mass is 19.3. The van der Waals surface area contributed by atoms with E-state index in [-0.39, 0.29) is 5.75 Å². The molecule has 0 unspecified atom stereocenters. The zero-order chi connectivity index (χ0) is 10.8. The van der Waals surface area contributed by atoms with Crippen LogP contribution in [0.5, 0.6) is 5.75 Å². The number of hydrogen-bond donors (Lipinski definition) is 1. The third-order valence-corrected chi connectivity index (χ3v) is 1.38. The second-order valence-electron chi connectivity index (χ2n) is 2.56. The highest BCUT2D eigenvalue weighted by molar-refractivity contribution is 5.73. The van der Waals surface area contributed by atoms with Crippen LogP contribution >= 0.6 is 0 Å². The van der Waals surface area contributed by atoms with Crippen molar-refractivity contribution in [2.75, 3.05) is 0 Å². The number of carboxylic acid groups (broad SMARTS) is 1. The van der Waals surface area contributed by atoms with Gasteiger partial charge in [0.2, 0.25) is 0 Å². The fourth-order valence-electron chi connectivity index (χ4n) is 0.706. The maximum absolute atomic E-state index is 12.5. The van der Waals surface area contributed by atoms with E-state index in [9.17, 15) is 13.6 Å². The van der Waals surface area contributed by atoms with Gasteiger partial charge in [-0.3, -0.25) is 4.98 Å². The number of hydrogen-bond acceptors (Lipinski definition) is 3. The Bertz CT molecular complexity index is 337. The normalized spacial score (nSPS) is 11.1. The topological polar surface area (TPSA) is 59.4 Å². The minimum Gasteiger partial charge on any atom is -0.474 e. The van der Waals surface area contributed by atoms with Crippen LogP contribution in [0.25, 0.3) is 0 Å². The molecule has 0 aliphatic carbocycles. The molecule has 1 rings (SSSR count). The standard InChI is InChI=1S/C8H7F2NO3/c1-5-2-3-6(4-11-5)14-8(9,10)7(12)13/h2-4H,1H3,(H,12,13). The van der Waals surface area contributed by atoms with Gasteiger partial charge >= 0.3 is 12.1 Å². The van der Waals surface area contributed by atoms with E-state index < -0.39 is 12.1 Å². The molecule has 0 atom stereocenters. The number of nitrogens with zero attached hydrogens (tertiary/aromatic N) is 1. The molecule has 0 fully saturated rings. The Hall–Kier alpha value is -1.72. The number of rotatable bonds is 3. The number of carboxylic acids is 1. The van der Waals surface area contributed by atoms with Crippen LogP contribution in [0.2, 0.25) is 0 Å². The first-order chi connectivity index (χ1) is 6.42. The van der Waals surface area contributed by atoms with Gasteiger partial charge in [-0.15, -0.1) is 0 Å². The lowest BCUT2D eigenvalue weighted by Gasteiger charge is -2.12. The van der Waals surface area contributed by atoms with E-state index in [1.165, 1.54) is 12.1 Å². The largest absolute Gasteiger partial charge is 0.501 e. The number of alkyl halides is 2. The van der Waals surface area contributed by atoms with Crippen LogP contribution in [-0.4, -0.2) is 22.2 Å². The number of pyridine rings is 1. The summed E-state index contributed by atoms with van der Waals surface area (Å²) in [6, 6.07) is 2.66. The molecule has 6 heteroatoms. The third-order valence-electron chi connectivity index (χ3n) is 1.38. The molecule has 1 aromatic heterocycles. The van der Waals surface area contributed by atoms with Crippen molar-refractivity contribution in [1.82, 2.24) is 4.98 Å². The van der Waals surface area contributed by atoms with E-state index in [0.29, 0.717) is 5.69 Å². The average Bonchev–Trinajstić information content (AvgIpc) is 2.08. The molecule has 1 N–H and O–H groups in total. The molecule has 0 saturated heterocycles. The van der Waals surface area contributed by atoms with Crippen molar-refractivity contribution < 1.29 is 23.4 Å². The molecule has 0 saturated carbocycles. The van der Waals surface area contributed by atoms with Crippen molar-refractivity contribution in [2.45, 2.75) is 13.0 Å². The predicted octanol–water partition coefficient (Wildman–Crippen LogP) is 1.45. The minimum absolute atomic E-state index is 0.289. The van der Waals surface area contributed by atoms with E-state index in [4.69, 9.17) is 5.11 Å². The Labute approximate surface area is 78.1 Å². The first kappa shape index (κ1) is 10.4. The second kappa shape index (κ2) is 3.57. The summed E-state index contributed by atoms with van der Waals surface area (Å²) in [5.41, 5.74) is 0.621. The van der Waals surface area contributed by atoms with Crippen molar-refractivity contribution in [3.63, 3.8) is 0 Å². The van der Waals surface area contributed by atoms with Gasteiger partial charge in [-0.25, -0.2) is 4.79 Å². The highest BCUT2D eigenvalue weighted by Crippen LogP contribution is 2.20. The van der Waals surface area contributed by atoms with Gasteiger partial charge in [-0.1, -0.05) is 0 Å². The molecule has 0 aliphatic rings. The molecule has 0 aliphatic heterocycles. The number of aryl methyl sites for hydroxylation is 1. The van der Waals surface area contributed by atoms with Gasteiger partial charge in [0.1, 0.15) is 5.75 Å². The van der Waals surface area contributed by atoms with Crippen molar-refractivity contribution >= 4 is 5.97 Å². The Morgan fingerprint density at radius 3 is 2.64 bits per heavy atom. The summed E-state index contributed by atoms with van der Waals surface area (Å²) in [7, 11) is 0. The SMILES string of the molecule is Cc1ccc(OC(F)(F)C(=O)O)cn1. The van der Waals surface area contributed by atoms with Crippen LogP contribution in [0, 0.1) is 6.92 Å². The van der Waals surface area contributed by atoms with Crippen LogP contribution in [0.15, 0.2) is 18.3 Å². The van der Waals surface area contributed by atoms with Gasteiger partial charge in [0.05, 0.1) is 6.20 Å². The Kier molecular flexibility index (Phi) is 2.64. The molecule has 0 aromatic carbocycles. The summed E-state index contributed by atoms with van der Waals surface area (Å²) in [6.45, 7) is 1.67. The van der Waals surface area contributed by atoms with E-state index in [0.717, 1.165) is 6.20 Å². The van der Waals surface area contributed by atoms with Crippen LogP contribution in [0.4, 0.5) is 8.78 Å². The Morgan fingerprint density at radius 1 is 1.57 bits per heavy atom. The summed E-state index contributed by atoms with van der Waals surface area (Å²) in [5, 5.41) is 8.06. The quantitative estimate of drug-likeness (QED) is 0.807. The smallest absolute Gasteiger partial charge is 0.474 e. The molecular formula is C8H7F2NO3. The lowest BCUT2D eigenvalue weighted by atomic mass is 10.4. The Morgan fingerprint density at radius 2 is 2.21 bits per heavy atom. The average molecular weight is 203 g/mol. The van der Waals surface area contributed by atoms with E-state index >= 15 is 0 Å². The van der Waals surface area contributed by atoms with Gasteiger partial charge < -0.3 is 9.84 Å². The second-order valence-corrected chi connectivity index (χ2v) is 2.56. The number of aliphatic carboxylic acids is 1. The van der Waals surface area contributed by atoms with Crippen molar-refractivity contribution in [2.24, 2.45) is 0 Å². The molecule has 4 nitrogen and oxygen atoms in total. The van der Waals surface area contributed by atoms with Gasteiger partial charge in [0, 0.05) is 5.69 Å². The number of carbonyl (C=O) groups is 1. The molecule has 0 amide bonds. The molecule has 76 valence electrons. The van der Waals surface area contributed by atoms with Gasteiger partial charge in [-0.05, 0) is 19.1 Å². The van der Waals surface area contributed by atoms with Gasteiger partial charge in [0.25, 0.3) is 0 Å². The van der Waals surface area contributed by atoms with Crippen LogP contribution in [0.3, 0.4) is 0 Å². The maximum Gasteiger partial charge on any atom is 0.501 e. The third kappa shape index (κ3) is 2.38. The Balaban J connectivity index is 2.79. The molecule has 0 radical (unpaired) electrons. The van der Waals surface area contributed by atoms with E-state index in [2.05, 4.69) is 9.72 Å². The lowest BCUT2D eigenvalue weighted by molar-refractivity contribution is -0.210. The lowest BCUT2D eigenvalue weighted by Crippen LogP contribution is -2.34. The zero-order valence-corrected chi connectivity index (χ0v) is 7.20. The molecule has 1 heterocycles. The summed E-state index contributed by atoms with van der Waals surface area (Å²) in [4.78, 5) is 13.7. The highest BCUT2D eigenvalue weighted by Gasteiger charge is 2.42. The first-order valence-corrected chi connectivity index (χ1v) is 3.65. The summed E-state index contributed by atoms with van der Waals surface area (Å²) >= 11 is 0. The van der Waals surface area contributed by atoms with Crippen molar-refractivity contribution in [3.05, 3.63) is 24.0 Å². The first-order valence-electron chi connectivity index (χ1n) is 3.65. The van der Waals surface area contributed by atoms with Gasteiger partial charge in [0.15, 0.2) is 0 Å². The number of ether oxygens (including phenoxy) is 1. The number of halogens is 2. The number of aromatic nitrogens is 1. The molecule has 14 heavy (non-hydrogen) atoms. The minimum atomic E-state index is -4.23. The van der Waals surface area contributed by atoms with Crippen molar-refractivity contribution in [1.29, 1.82) is 0 Å². The van der Waals surface area contributed by atoms with Crippen LogP contribution in [-0.2, 0) is 4.79 Å². The van der Waals surface area contributed by atoms with Crippen molar-refractivity contribution in [3.8, 4) is 5.75 Å². The molecular weight excluding hydrogens is 196 g/mol. The summed E-state index contributed by atoms with van der Waals surface area (Å²) < 4.78 is 28.9. The monoisotopic (exact) mass is 203 g/mol. The molecule has 0 spiro atoms. The van der Waals surface area contributed by atoms with Crippen LogP contribution in [0.1, 0.15) is 5.69 Å². The summed E-state index contributed by atoms with van der Waals surface area (Å²) in [6.07, 6.45) is -3.19. The van der Waals surface area contributed by atoms with Crippen LogP contribution < -0.4 is 4.74 Å². The van der Waals surface area contributed by atoms with E-state index in [1.54, 1.807) is 6.92 Å². The zero-order valence-electron chi connectivity index (χ0n) is 7.20. The molecule has 0 bridgehead atoms. The predicted molar refractivity (Wildman–Crippen MR) is 42.2 cm³/mol. The fourth-order valence-corrected chi connectivity index (χ4v) is 0.706. The summed E-state index contributed by atoms with van der Waals surface area (Å²) in [5.74, 6) is -2.62. The fraction of sp³-hybridized carbons (Fsp3) is 0.250.